The fourth-order valence-electron chi connectivity index (χ4n) is 5.62. The summed E-state index contributed by atoms with van der Waals surface area (Å²) in [5.41, 5.74) is 6.10. The van der Waals surface area contributed by atoms with Crippen molar-refractivity contribution in [1.29, 1.82) is 0 Å². The highest BCUT2D eigenvalue weighted by atomic mass is 35.5. The van der Waals surface area contributed by atoms with Crippen LogP contribution in [0, 0.1) is 11.8 Å². The summed E-state index contributed by atoms with van der Waals surface area (Å²) in [6, 6.07) is 7.45. The van der Waals surface area contributed by atoms with Crippen LogP contribution in [0.25, 0.3) is 0 Å². The monoisotopic (exact) mass is 479 g/mol. The predicted molar refractivity (Wildman–Crippen MR) is 133 cm³/mol. The highest BCUT2D eigenvalue weighted by Gasteiger charge is 2.41. The molecule has 0 radical (unpaired) electrons. The summed E-state index contributed by atoms with van der Waals surface area (Å²) in [6.45, 7) is 2.41. The number of piperidine rings is 1. The number of aliphatic hydroxyl groups is 1. The Morgan fingerprint density at radius 3 is 2.82 bits per heavy atom. The average Bonchev–Trinajstić information content (AvgIpc) is 3.33. The molecule has 0 aromatic heterocycles. The molecule has 6 nitrogen and oxygen atoms in total. The van der Waals surface area contributed by atoms with Gasteiger partial charge in [0.2, 0.25) is 0 Å². The first-order chi connectivity index (χ1) is 15.9. The van der Waals surface area contributed by atoms with Crippen LogP contribution in [0.4, 0.5) is 4.79 Å². The molecule has 1 aliphatic heterocycles. The lowest BCUT2D eigenvalue weighted by atomic mass is 9.74. The maximum Gasteiger partial charge on any atom is 0.317 e. The summed E-state index contributed by atoms with van der Waals surface area (Å²) < 4.78 is 5.19. The molecule has 1 heterocycles. The van der Waals surface area contributed by atoms with Crippen LogP contribution in [0.15, 0.2) is 24.3 Å². The molecule has 1 saturated heterocycles. The Morgan fingerprint density at radius 1 is 1.30 bits per heavy atom. The van der Waals surface area contributed by atoms with E-state index in [2.05, 4.69) is 5.32 Å². The van der Waals surface area contributed by atoms with Crippen molar-refractivity contribution in [3.8, 4) is 0 Å². The van der Waals surface area contributed by atoms with Crippen molar-refractivity contribution in [2.24, 2.45) is 17.6 Å². The minimum atomic E-state index is -1.03. The van der Waals surface area contributed by atoms with Gasteiger partial charge in [-0.25, -0.2) is 4.79 Å². The summed E-state index contributed by atoms with van der Waals surface area (Å²) in [4.78, 5) is 14.8. The number of rotatable bonds is 11. The fourth-order valence-corrected chi connectivity index (χ4v) is 5.81. The molecule has 3 rings (SSSR count). The molecule has 1 aromatic carbocycles. The minimum absolute atomic E-state index is 0.00168. The molecule has 0 bridgehead atoms. The summed E-state index contributed by atoms with van der Waals surface area (Å²) in [6.07, 6.45) is 10.2. The third-order valence-corrected chi connectivity index (χ3v) is 7.73. The number of carbonyl (C=O) groups is 1. The van der Waals surface area contributed by atoms with Crippen molar-refractivity contribution in [2.45, 2.75) is 75.9 Å². The quantitative estimate of drug-likeness (QED) is 0.402. The van der Waals surface area contributed by atoms with E-state index in [1.807, 2.05) is 29.2 Å². The lowest BCUT2D eigenvalue weighted by molar-refractivity contribution is -0.0563. The summed E-state index contributed by atoms with van der Waals surface area (Å²) in [7, 11) is 1.69. The number of hydrogen-bond donors (Lipinski definition) is 3. The molecule has 1 saturated carbocycles. The number of hydrogen-bond acceptors (Lipinski definition) is 4. The number of nitrogens with one attached hydrogen (secondary N) is 1. The normalized spacial score (nSPS) is 22.2. The zero-order chi connectivity index (χ0) is 23.7. The number of nitrogens with two attached hydrogens (primary N) is 1. The van der Waals surface area contributed by atoms with Crippen molar-refractivity contribution in [3.63, 3.8) is 0 Å². The summed E-state index contributed by atoms with van der Waals surface area (Å²) in [5.74, 6) is 0.659. The van der Waals surface area contributed by atoms with Gasteiger partial charge >= 0.3 is 6.03 Å². The highest BCUT2D eigenvalue weighted by Crippen LogP contribution is 2.40. The first-order valence-electron chi connectivity index (χ1n) is 12.7. The molecule has 0 spiro atoms. The summed E-state index contributed by atoms with van der Waals surface area (Å²) in [5, 5.41) is 15.6. The van der Waals surface area contributed by atoms with Crippen molar-refractivity contribution in [3.05, 3.63) is 34.9 Å². The van der Waals surface area contributed by atoms with Gasteiger partial charge in [0, 0.05) is 50.3 Å². The van der Waals surface area contributed by atoms with Gasteiger partial charge in [-0.2, -0.15) is 0 Å². The standard InChI is InChI=1S/C26H42ClN3O3/c1-33-15-5-4-13-26(32,21-10-6-12-23(27)17-21)22-11-7-14-30(19-22)25(31)29-18-24(28)16-20-8-2-3-9-20/h6,10,12,17,20,22,24,32H,2-5,7-9,11,13-16,18-19,28H2,1H3,(H,29,31)/t22-,24-,26-/m1/s1. The van der Waals surface area contributed by atoms with Crippen LogP contribution in [-0.2, 0) is 10.3 Å². The van der Waals surface area contributed by atoms with E-state index in [1.165, 1.54) is 25.7 Å². The third kappa shape index (κ3) is 7.57. The molecule has 3 atom stereocenters. The highest BCUT2D eigenvalue weighted by molar-refractivity contribution is 6.30. The maximum atomic E-state index is 12.9. The lowest BCUT2D eigenvalue weighted by Gasteiger charge is -2.43. The second-order valence-electron chi connectivity index (χ2n) is 10.0. The van der Waals surface area contributed by atoms with Gasteiger partial charge in [-0.1, -0.05) is 49.4 Å². The van der Waals surface area contributed by atoms with Crippen molar-refractivity contribution >= 4 is 17.6 Å². The van der Waals surface area contributed by atoms with Gasteiger partial charge < -0.3 is 25.8 Å². The van der Waals surface area contributed by atoms with Crippen molar-refractivity contribution < 1.29 is 14.6 Å². The lowest BCUT2D eigenvalue weighted by Crippen LogP contribution is -2.52. The van der Waals surface area contributed by atoms with Crippen LogP contribution in [-0.4, -0.2) is 55.4 Å². The van der Waals surface area contributed by atoms with E-state index < -0.39 is 5.60 Å². The molecular weight excluding hydrogens is 438 g/mol. The van der Waals surface area contributed by atoms with Gasteiger partial charge in [-0.15, -0.1) is 0 Å². The molecule has 33 heavy (non-hydrogen) atoms. The Morgan fingerprint density at radius 2 is 2.09 bits per heavy atom. The molecule has 7 heteroatoms. The van der Waals surface area contributed by atoms with Crippen LogP contribution >= 0.6 is 11.6 Å². The second-order valence-corrected chi connectivity index (χ2v) is 10.4. The van der Waals surface area contributed by atoms with Gasteiger partial charge in [0.05, 0.1) is 5.60 Å². The van der Waals surface area contributed by atoms with E-state index in [1.54, 1.807) is 7.11 Å². The fraction of sp³-hybridized carbons (Fsp3) is 0.731. The van der Waals surface area contributed by atoms with Gasteiger partial charge in [0.15, 0.2) is 0 Å². The van der Waals surface area contributed by atoms with Crippen LogP contribution in [0.1, 0.15) is 69.8 Å². The number of likely N-dealkylation sites (tertiary alicyclic amines) is 1. The van der Waals surface area contributed by atoms with Crippen molar-refractivity contribution in [2.75, 3.05) is 33.4 Å². The van der Waals surface area contributed by atoms with E-state index in [0.29, 0.717) is 43.6 Å². The number of amides is 2. The molecule has 0 unspecified atom stereocenters. The zero-order valence-corrected chi connectivity index (χ0v) is 20.9. The largest absolute Gasteiger partial charge is 0.385 e. The second kappa shape index (κ2) is 12.9. The molecule has 1 aliphatic carbocycles. The Balaban J connectivity index is 1.61. The molecule has 186 valence electrons. The predicted octanol–water partition coefficient (Wildman–Crippen LogP) is 4.67. The van der Waals surface area contributed by atoms with Crippen molar-refractivity contribution in [1.82, 2.24) is 10.2 Å². The number of halogens is 1. The van der Waals surface area contributed by atoms with Crippen LogP contribution in [0.2, 0.25) is 5.02 Å². The minimum Gasteiger partial charge on any atom is -0.385 e. The first kappa shape index (κ1) is 26.3. The Hall–Kier alpha value is -1.34. The first-order valence-corrected chi connectivity index (χ1v) is 13.1. The Kier molecular flexibility index (Phi) is 10.3. The van der Waals surface area contributed by atoms with Gasteiger partial charge in [-0.05, 0) is 62.1 Å². The number of ether oxygens (including phenoxy) is 1. The number of carbonyl (C=O) groups excluding carboxylic acids is 1. The van der Waals surface area contributed by atoms with Gasteiger partial charge in [0.1, 0.15) is 0 Å². The number of unbranched alkanes of at least 4 members (excludes halogenated alkanes) is 1. The molecule has 4 N–H and O–H groups in total. The maximum absolute atomic E-state index is 12.9. The number of nitrogens with zero attached hydrogens (tertiary/aromatic N) is 1. The van der Waals surface area contributed by atoms with Gasteiger partial charge in [0.25, 0.3) is 0 Å². The smallest absolute Gasteiger partial charge is 0.317 e. The SMILES string of the molecule is COCCCC[C@@](O)(c1cccc(Cl)c1)[C@@H]1CCCN(C(=O)NC[C@H](N)CC2CCCC2)C1. The van der Waals surface area contributed by atoms with Crippen LogP contribution in [0.5, 0.6) is 0 Å². The molecular formula is C26H42ClN3O3. The molecule has 2 aliphatic rings. The Bertz CT molecular complexity index is 743. The Labute approximate surface area is 204 Å². The van der Waals surface area contributed by atoms with E-state index >= 15 is 0 Å². The van der Waals surface area contributed by atoms with E-state index in [0.717, 1.165) is 37.7 Å². The van der Waals surface area contributed by atoms with E-state index in [4.69, 9.17) is 22.1 Å². The van der Waals surface area contributed by atoms with Crippen LogP contribution in [0.3, 0.4) is 0 Å². The van der Waals surface area contributed by atoms with E-state index in [9.17, 15) is 9.90 Å². The molecule has 1 aromatic rings. The summed E-state index contributed by atoms with van der Waals surface area (Å²) >= 11 is 6.27. The van der Waals surface area contributed by atoms with E-state index in [-0.39, 0.29) is 18.0 Å². The average molecular weight is 480 g/mol. The van der Waals surface area contributed by atoms with Crippen LogP contribution < -0.4 is 11.1 Å². The topological polar surface area (TPSA) is 87.8 Å². The van der Waals surface area contributed by atoms with Gasteiger partial charge in [-0.3, -0.25) is 0 Å². The number of methoxy groups -OCH3 is 1. The molecule has 2 amide bonds. The molecule has 2 fully saturated rings. The third-order valence-electron chi connectivity index (χ3n) is 7.49. The number of benzene rings is 1. The number of urea groups is 1. The zero-order valence-electron chi connectivity index (χ0n) is 20.1.